The molecule has 2 aromatic carbocycles. The summed E-state index contributed by atoms with van der Waals surface area (Å²) in [5, 5.41) is 9.37. The molecule has 0 aliphatic rings. The van der Waals surface area contributed by atoms with Crippen molar-refractivity contribution in [3.63, 3.8) is 0 Å². The molecule has 0 N–H and O–H groups in total. The minimum Gasteiger partial charge on any atom is -0.283 e. The van der Waals surface area contributed by atoms with Crippen LogP contribution in [-0.2, 0) is 13.2 Å². The second kappa shape index (κ2) is 6.25. The van der Waals surface area contributed by atoms with Crippen LogP contribution in [0.25, 0.3) is 10.9 Å². The summed E-state index contributed by atoms with van der Waals surface area (Å²) in [5.41, 5.74) is 1.60. The van der Waals surface area contributed by atoms with Crippen LogP contribution < -0.4 is 5.56 Å². The third kappa shape index (κ3) is 3.16. The number of aromatic nitrogens is 3. The summed E-state index contributed by atoms with van der Waals surface area (Å²) in [6.45, 7) is 1.07. The summed E-state index contributed by atoms with van der Waals surface area (Å²) >= 11 is 5.88. The molecule has 0 spiro atoms. The third-order valence-corrected chi connectivity index (χ3v) is 3.62. The first-order chi connectivity index (χ1) is 10.6. The summed E-state index contributed by atoms with van der Waals surface area (Å²) in [4.78, 5) is 14.4. The highest BCUT2D eigenvalue weighted by Gasteiger charge is 2.07. The molecule has 0 amide bonds. The van der Waals surface area contributed by atoms with Gasteiger partial charge in [0.2, 0.25) is 0 Å². The lowest BCUT2D eigenvalue weighted by molar-refractivity contribution is 0.236. The first-order valence-electron chi connectivity index (χ1n) is 6.89. The largest absolute Gasteiger partial charge is 0.283 e. The molecule has 0 saturated heterocycles. The van der Waals surface area contributed by atoms with Crippen molar-refractivity contribution in [2.24, 2.45) is 0 Å². The smallest absolute Gasteiger partial charge is 0.278 e. The quantitative estimate of drug-likeness (QED) is 0.742. The highest BCUT2D eigenvalue weighted by molar-refractivity contribution is 6.30. The number of halogens is 1. The third-order valence-electron chi connectivity index (χ3n) is 3.37. The van der Waals surface area contributed by atoms with E-state index in [0.29, 0.717) is 29.1 Å². The average molecular weight is 315 g/mol. The van der Waals surface area contributed by atoms with Gasteiger partial charge in [-0.15, -0.1) is 5.10 Å². The van der Waals surface area contributed by atoms with Crippen LogP contribution in [0.15, 0.2) is 53.3 Å². The fraction of sp³-hybridized carbons (Fsp3) is 0.188. The van der Waals surface area contributed by atoms with Crippen molar-refractivity contribution < 1.29 is 0 Å². The molecule has 0 atom stereocenters. The molecule has 0 radical (unpaired) electrons. The Morgan fingerprint density at radius 3 is 2.64 bits per heavy atom. The molecular formula is C16H15ClN4O. The zero-order chi connectivity index (χ0) is 15.5. The maximum atomic E-state index is 12.4. The molecule has 5 nitrogen and oxygen atoms in total. The number of hydrogen-bond donors (Lipinski definition) is 0. The van der Waals surface area contributed by atoms with Gasteiger partial charge in [0.25, 0.3) is 5.56 Å². The van der Waals surface area contributed by atoms with Crippen molar-refractivity contribution in [2.75, 3.05) is 7.05 Å². The lowest BCUT2D eigenvalue weighted by atomic mass is 10.2. The normalized spacial score (nSPS) is 11.2. The molecule has 112 valence electrons. The number of nitrogens with zero attached hydrogens (tertiary/aromatic N) is 4. The summed E-state index contributed by atoms with van der Waals surface area (Å²) in [6.07, 6.45) is 0. The van der Waals surface area contributed by atoms with E-state index in [4.69, 9.17) is 11.6 Å². The first kappa shape index (κ1) is 14.7. The lowest BCUT2D eigenvalue weighted by Gasteiger charge is -2.17. The minimum atomic E-state index is -0.131. The molecule has 0 saturated carbocycles. The van der Waals surface area contributed by atoms with E-state index in [2.05, 4.69) is 10.3 Å². The van der Waals surface area contributed by atoms with Gasteiger partial charge in [0, 0.05) is 11.6 Å². The van der Waals surface area contributed by atoms with Crippen LogP contribution in [0.4, 0.5) is 0 Å². The van der Waals surface area contributed by atoms with Gasteiger partial charge in [0.05, 0.1) is 12.1 Å². The standard InChI is InChI=1S/C16H15ClN4O/c1-20(10-12-6-8-13(17)9-7-12)11-21-16(22)14-4-2-3-5-15(14)18-19-21/h2-9H,10-11H2,1H3. The topological polar surface area (TPSA) is 51.0 Å². The van der Waals surface area contributed by atoms with E-state index in [0.717, 1.165) is 5.56 Å². The maximum absolute atomic E-state index is 12.4. The van der Waals surface area contributed by atoms with Crippen molar-refractivity contribution in [3.05, 3.63) is 69.5 Å². The van der Waals surface area contributed by atoms with Crippen molar-refractivity contribution >= 4 is 22.5 Å². The van der Waals surface area contributed by atoms with Gasteiger partial charge in [0.1, 0.15) is 5.52 Å². The number of hydrogen-bond acceptors (Lipinski definition) is 4. The van der Waals surface area contributed by atoms with Crippen molar-refractivity contribution in [1.82, 2.24) is 19.9 Å². The Balaban J connectivity index is 1.79. The molecule has 3 aromatic rings. The Kier molecular flexibility index (Phi) is 4.18. The van der Waals surface area contributed by atoms with Crippen LogP contribution in [-0.4, -0.2) is 26.9 Å². The summed E-state index contributed by atoms with van der Waals surface area (Å²) in [6, 6.07) is 14.9. The molecule has 0 aliphatic carbocycles. The molecular weight excluding hydrogens is 300 g/mol. The summed E-state index contributed by atoms with van der Waals surface area (Å²) in [7, 11) is 1.93. The average Bonchev–Trinajstić information content (AvgIpc) is 2.53. The van der Waals surface area contributed by atoms with E-state index in [1.54, 1.807) is 12.1 Å². The molecule has 0 bridgehead atoms. The van der Waals surface area contributed by atoms with Crippen molar-refractivity contribution in [2.45, 2.75) is 13.2 Å². The Morgan fingerprint density at radius 2 is 1.86 bits per heavy atom. The van der Waals surface area contributed by atoms with Crippen LogP contribution >= 0.6 is 11.6 Å². The van der Waals surface area contributed by atoms with E-state index < -0.39 is 0 Å². The van der Waals surface area contributed by atoms with Gasteiger partial charge in [-0.2, -0.15) is 4.68 Å². The van der Waals surface area contributed by atoms with Crippen LogP contribution in [0.1, 0.15) is 5.56 Å². The van der Waals surface area contributed by atoms with E-state index in [1.807, 2.05) is 48.3 Å². The van der Waals surface area contributed by atoms with Gasteiger partial charge in [-0.05, 0) is 36.9 Å². The molecule has 6 heteroatoms. The van der Waals surface area contributed by atoms with E-state index in [1.165, 1.54) is 4.68 Å². The zero-order valence-electron chi connectivity index (χ0n) is 12.1. The second-order valence-electron chi connectivity index (χ2n) is 5.19. The van der Waals surface area contributed by atoms with Crippen LogP contribution in [0.3, 0.4) is 0 Å². The Labute approximate surface area is 132 Å². The minimum absolute atomic E-state index is 0.131. The summed E-state index contributed by atoms with van der Waals surface area (Å²) < 4.78 is 1.37. The SMILES string of the molecule is CN(Cc1ccc(Cl)cc1)Cn1nnc2ccccc2c1=O. The fourth-order valence-corrected chi connectivity index (χ4v) is 2.42. The van der Waals surface area contributed by atoms with Gasteiger partial charge in [0.15, 0.2) is 0 Å². The summed E-state index contributed by atoms with van der Waals surface area (Å²) in [5.74, 6) is 0. The van der Waals surface area contributed by atoms with Gasteiger partial charge >= 0.3 is 0 Å². The van der Waals surface area contributed by atoms with Crippen LogP contribution in [0.2, 0.25) is 5.02 Å². The highest BCUT2D eigenvalue weighted by atomic mass is 35.5. The van der Waals surface area contributed by atoms with Crippen LogP contribution in [0.5, 0.6) is 0 Å². The Hall–Kier alpha value is -2.24. The second-order valence-corrected chi connectivity index (χ2v) is 5.63. The Bertz CT molecular complexity index is 845. The van der Waals surface area contributed by atoms with Gasteiger partial charge in [-0.3, -0.25) is 9.69 Å². The molecule has 1 aromatic heterocycles. The Morgan fingerprint density at radius 1 is 1.14 bits per heavy atom. The van der Waals surface area contributed by atoms with Crippen molar-refractivity contribution in [1.29, 1.82) is 0 Å². The first-order valence-corrected chi connectivity index (χ1v) is 7.27. The zero-order valence-corrected chi connectivity index (χ0v) is 12.9. The van der Waals surface area contributed by atoms with E-state index in [-0.39, 0.29) is 5.56 Å². The molecule has 0 unspecified atom stereocenters. The van der Waals surface area contributed by atoms with Crippen molar-refractivity contribution in [3.8, 4) is 0 Å². The molecule has 3 rings (SSSR count). The maximum Gasteiger partial charge on any atom is 0.278 e. The molecule has 0 aliphatic heterocycles. The molecule has 0 fully saturated rings. The number of benzene rings is 2. The van der Waals surface area contributed by atoms with E-state index in [9.17, 15) is 4.79 Å². The highest BCUT2D eigenvalue weighted by Crippen LogP contribution is 2.11. The molecule has 1 heterocycles. The van der Waals surface area contributed by atoms with Gasteiger partial charge in [-0.25, -0.2) is 0 Å². The van der Waals surface area contributed by atoms with E-state index >= 15 is 0 Å². The van der Waals surface area contributed by atoms with Crippen LogP contribution in [0, 0.1) is 0 Å². The monoisotopic (exact) mass is 314 g/mol. The fourth-order valence-electron chi connectivity index (χ4n) is 2.30. The van der Waals surface area contributed by atoms with Gasteiger partial charge < -0.3 is 0 Å². The predicted molar refractivity (Wildman–Crippen MR) is 86.7 cm³/mol. The number of rotatable bonds is 4. The predicted octanol–water partition coefficient (Wildman–Crippen LogP) is 2.53. The van der Waals surface area contributed by atoms with Gasteiger partial charge in [-0.1, -0.05) is 41.1 Å². The molecule has 22 heavy (non-hydrogen) atoms. The number of fused-ring (bicyclic) bond motifs is 1. The lowest BCUT2D eigenvalue weighted by Crippen LogP contribution is -2.32.